The Morgan fingerprint density at radius 2 is 1.89 bits per heavy atom. The van der Waals surface area contributed by atoms with E-state index in [2.05, 4.69) is 9.71 Å². The highest BCUT2D eigenvalue weighted by Gasteiger charge is 2.15. The molecule has 0 saturated heterocycles. The average Bonchev–Trinajstić information content (AvgIpc) is 2.32. The lowest BCUT2D eigenvalue weighted by Crippen LogP contribution is -2.14. The number of benzene rings is 1. The van der Waals surface area contributed by atoms with Crippen LogP contribution in [-0.4, -0.2) is 13.4 Å². The van der Waals surface area contributed by atoms with Gasteiger partial charge in [0.25, 0.3) is 10.0 Å². The first-order valence-corrected chi connectivity index (χ1v) is 7.18. The van der Waals surface area contributed by atoms with E-state index in [9.17, 15) is 8.42 Å². The normalized spacial score (nSPS) is 11.3. The van der Waals surface area contributed by atoms with Crippen molar-refractivity contribution >= 4 is 21.5 Å². The molecule has 19 heavy (non-hydrogen) atoms. The Hall–Kier alpha value is -2.08. The van der Waals surface area contributed by atoms with Crippen LogP contribution in [0.2, 0.25) is 0 Å². The van der Waals surface area contributed by atoms with Gasteiger partial charge in [0.1, 0.15) is 5.82 Å². The highest BCUT2D eigenvalue weighted by atomic mass is 32.2. The van der Waals surface area contributed by atoms with Crippen LogP contribution in [0.1, 0.15) is 11.1 Å². The second-order valence-electron chi connectivity index (χ2n) is 4.34. The van der Waals surface area contributed by atoms with Crippen LogP contribution in [0.4, 0.5) is 11.5 Å². The molecule has 1 aromatic heterocycles. The van der Waals surface area contributed by atoms with Gasteiger partial charge in [0, 0.05) is 11.9 Å². The largest absolute Gasteiger partial charge is 0.398 e. The van der Waals surface area contributed by atoms with E-state index in [1.165, 1.54) is 12.1 Å². The van der Waals surface area contributed by atoms with Crippen LogP contribution in [-0.2, 0) is 10.0 Å². The van der Waals surface area contributed by atoms with Gasteiger partial charge in [0.05, 0.1) is 4.90 Å². The molecular weight excluding hydrogens is 262 g/mol. The first kappa shape index (κ1) is 13.4. The molecule has 100 valence electrons. The maximum absolute atomic E-state index is 12.2. The summed E-state index contributed by atoms with van der Waals surface area (Å²) in [5.41, 5.74) is 7.94. The Bertz CT molecular complexity index is 712. The number of aromatic nitrogens is 1. The lowest BCUT2D eigenvalue weighted by Gasteiger charge is -2.09. The van der Waals surface area contributed by atoms with Gasteiger partial charge in [-0.15, -0.1) is 0 Å². The van der Waals surface area contributed by atoms with Crippen molar-refractivity contribution in [2.45, 2.75) is 18.7 Å². The number of rotatable bonds is 3. The third kappa shape index (κ3) is 3.03. The molecule has 2 aromatic rings. The third-order valence-corrected chi connectivity index (χ3v) is 4.07. The second kappa shape index (κ2) is 4.89. The number of anilines is 2. The first-order valence-electron chi connectivity index (χ1n) is 5.70. The lowest BCUT2D eigenvalue weighted by atomic mass is 10.2. The molecule has 0 aliphatic carbocycles. The molecule has 1 aromatic carbocycles. The van der Waals surface area contributed by atoms with Crippen molar-refractivity contribution in [1.82, 2.24) is 4.98 Å². The summed E-state index contributed by atoms with van der Waals surface area (Å²) in [5, 5.41) is 0. The van der Waals surface area contributed by atoms with E-state index in [1.807, 2.05) is 13.8 Å². The van der Waals surface area contributed by atoms with Crippen molar-refractivity contribution in [1.29, 1.82) is 0 Å². The second-order valence-corrected chi connectivity index (χ2v) is 6.02. The standard InChI is InChI=1S/C13H15N3O2S/c1-9-5-6-15-13(7-9)16-19(17,18)11-4-3-10(2)12(14)8-11/h3-8H,14H2,1-2H3,(H,15,16). The van der Waals surface area contributed by atoms with Crippen molar-refractivity contribution in [2.24, 2.45) is 0 Å². The van der Waals surface area contributed by atoms with Crippen molar-refractivity contribution in [3.05, 3.63) is 47.7 Å². The van der Waals surface area contributed by atoms with Gasteiger partial charge in [-0.1, -0.05) is 6.07 Å². The van der Waals surface area contributed by atoms with Crippen LogP contribution in [0.3, 0.4) is 0 Å². The zero-order valence-corrected chi connectivity index (χ0v) is 11.5. The van der Waals surface area contributed by atoms with Crippen molar-refractivity contribution in [3.8, 4) is 0 Å². The number of aryl methyl sites for hydroxylation is 2. The van der Waals surface area contributed by atoms with E-state index in [4.69, 9.17) is 5.73 Å². The molecule has 3 N–H and O–H groups in total. The van der Waals surface area contributed by atoms with Crippen molar-refractivity contribution in [3.63, 3.8) is 0 Å². The van der Waals surface area contributed by atoms with Crippen LogP contribution in [0, 0.1) is 13.8 Å². The number of nitrogens with zero attached hydrogens (tertiary/aromatic N) is 1. The van der Waals surface area contributed by atoms with Gasteiger partial charge in [-0.3, -0.25) is 4.72 Å². The highest BCUT2D eigenvalue weighted by Crippen LogP contribution is 2.19. The molecule has 2 rings (SSSR count). The summed E-state index contributed by atoms with van der Waals surface area (Å²) in [6, 6.07) is 8.08. The Labute approximate surface area is 112 Å². The van der Waals surface area contributed by atoms with Crippen LogP contribution in [0.25, 0.3) is 0 Å². The summed E-state index contributed by atoms with van der Waals surface area (Å²) in [6.45, 7) is 3.69. The number of hydrogen-bond donors (Lipinski definition) is 2. The van der Waals surface area contributed by atoms with Gasteiger partial charge >= 0.3 is 0 Å². The van der Waals surface area contributed by atoms with Gasteiger partial charge in [0.2, 0.25) is 0 Å². The fraction of sp³-hybridized carbons (Fsp3) is 0.154. The van der Waals surface area contributed by atoms with E-state index in [1.54, 1.807) is 24.4 Å². The molecule has 0 aliphatic heterocycles. The molecule has 0 aliphatic rings. The van der Waals surface area contributed by atoms with Gasteiger partial charge in [-0.05, 0) is 49.2 Å². The molecule has 0 bridgehead atoms. The summed E-state index contributed by atoms with van der Waals surface area (Å²) < 4.78 is 26.8. The van der Waals surface area contributed by atoms with Gasteiger partial charge in [0.15, 0.2) is 0 Å². The molecule has 0 spiro atoms. The highest BCUT2D eigenvalue weighted by molar-refractivity contribution is 7.92. The molecular formula is C13H15N3O2S. The number of pyridine rings is 1. The number of nitrogens with two attached hydrogens (primary N) is 1. The Morgan fingerprint density at radius 3 is 2.53 bits per heavy atom. The maximum Gasteiger partial charge on any atom is 0.263 e. The van der Waals surface area contributed by atoms with Crippen LogP contribution < -0.4 is 10.5 Å². The SMILES string of the molecule is Cc1ccnc(NS(=O)(=O)c2ccc(C)c(N)c2)c1. The number of nitrogens with one attached hydrogen (secondary N) is 1. The summed E-state index contributed by atoms with van der Waals surface area (Å²) in [4.78, 5) is 4.09. The quantitative estimate of drug-likeness (QED) is 0.841. The molecule has 1 heterocycles. The Morgan fingerprint density at radius 1 is 1.16 bits per heavy atom. The molecule has 0 fully saturated rings. The number of hydrogen-bond acceptors (Lipinski definition) is 4. The fourth-order valence-electron chi connectivity index (χ4n) is 1.57. The van der Waals surface area contributed by atoms with Crippen LogP contribution in [0.5, 0.6) is 0 Å². The average molecular weight is 277 g/mol. The molecule has 0 amide bonds. The minimum absolute atomic E-state index is 0.124. The molecule has 0 atom stereocenters. The van der Waals surface area contributed by atoms with Crippen LogP contribution in [0.15, 0.2) is 41.4 Å². The Kier molecular flexibility index (Phi) is 3.44. The monoisotopic (exact) mass is 277 g/mol. The first-order chi connectivity index (χ1) is 8.88. The molecule has 5 nitrogen and oxygen atoms in total. The van der Waals surface area contributed by atoms with Crippen molar-refractivity contribution in [2.75, 3.05) is 10.5 Å². The summed E-state index contributed by atoms with van der Waals surface area (Å²) in [6.07, 6.45) is 1.55. The zero-order chi connectivity index (χ0) is 14.0. The Balaban J connectivity index is 2.35. The predicted octanol–water partition coefficient (Wildman–Crippen LogP) is 2.08. The summed E-state index contributed by atoms with van der Waals surface area (Å²) >= 11 is 0. The van der Waals surface area contributed by atoms with E-state index < -0.39 is 10.0 Å². The minimum Gasteiger partial charge on any atom is -0.398 e. The van der Waals surface area contributed by atoms with E-state index >= 15 is 0 Å². The summed E-state index contributed by atoms with van der Waals surface area (Å²) in [5.74, 6) is 0.291. The molecule has 0 radical (unpaired) electrons. The molecule has 6 heteroatoms. The third-order valence-electron chi connectivity index (χ3n) is 2.72. The van der Waals surface area contributed by atoms with E-state index in [-0.39, 0.29) is 4.90 Å². The topological polar surface area (TPSA) is 85.1 Å². The molecule has 0 saturated carbocycles. The van der Waals surface area contributed by atoms with Gasteiger partial charge in [-0.25, -0.2) is 13.4 Å². The summed E-state index contributed by atoms with van der Waals surface area (Å²) in [7, 11) is -3.66. The predicted molar refractivity (Wildman–Crippen MR) is 75.4 cm³/mol. The van der Waals surface area contributed by atoms with E-state index in [0.29, 0.717) is 11.5 Å². The zero-order valence-electron chi connectivity index (χ0n) is 10.7. The minimum atomic E-state index is -3.66. The van der Waals surface area contributed by atoms with Crippen LogP contribution >= 0.6 is 0 Å². The van der Waals surface area contributed by atoms with Crippen molar-refractivity contribution < 1.29 is 8.42 Å². The van der Waals surface area contributed by atoms with E-state index in [0.717, 1.165) is 11.1 Å². The fourth-order valence-corrected chi connectivity index (χ4v) is 2.61. The van der Waals surface area contributed by atoms with Gasteiger partial charge < -0.3 is 5.73 Å². The number of nitrogen functional groups attached to an aromatic ring is 1. The lowest BCUT2D eigenvalue weighted by molar-refractivity contribution is 0.601. The molecule has 0 unspecified atom stereocenters. The maximum atomic E-state index is 12.2. The van der Waals surface area contributed by atoms with Gasteiger partial charge in [-0.2, -0.15) is 0 Å². The number of sulfonamides is 1. The smallest absolute Gasteiger partial charge is 0.263 e.